The van der Waals surface area contributed by atoms with Crippen LogP contribution in [-0.4, -0.2) is 24.5 Å². The standard InChI is InChI=1S/C14H20N2.ClH/c15-8-2-9-16-10-7-12-4-1-3-11-5-6-13(16)14(11)12;/h1,3-4,13H,2,5-10,15H2;1H. The van der Waals surface area contributed by atoms with Crippen LogP contribution in [0, 0.1) is 0 Å². The average Bonchev–Trinajstić information content (AvgIpc) is 2.75. The first kappa shape index (κ1) is 12.9. The summed E-state index contributed by atoms with van der Waals surface area (Å²) in [6.45, 7) is 3.22. The van der Waals surface area contributed by atoms with Crippen molar-refractivity contribution in [3.05, 3.63) is 34.9 Å². The monoisotopic (exact) mass is 252 g/mol. The Bertz CT molecular complexity index is 392. The van der Waals surface area contributed by atoms with Crippen molar-refractivity contribution in [2.75, 3.05) is 19.6 Å². The average molecular weight is 253 g/mol. The molecule has 3 heteroatoms. The maximum Gasteiger partial charge on any atom is 0.0356 e. The van der Waals surface area contributed by atoms with Crippen LogP contribution in [0.5, 0.6) is 0 Å². The van der Waals surface area contributed by atoms with Crippen molar-refractivity contribution in [1.29, 1.82) is 0 Å². The van der Waals surface area contributed by atoms with E-state index < -0.39 is 0 Å². The molecule has 1 atom stereocenters. The maximum absolute atomic E-state index is 5.61. The zero-order valence-corrected chi connectivity index (χ0v) is 11.0. The van der Waals surface area contributed by atoms with Gasteiger partial charge in [-0.1, -0.05) is 18.2 Å². The summed E-state index contributed by atoms with van der Waals surface area (Å²) in [5, 5.41) is 0. The van der Waals surface area contributed by atoms with Crippen LogP contribution < -0.4 is 5.73 Å². The second kappa shape index (κ2) is 5.38. The number of hydrogen-bond acceptors (Lipinski definition) is 2. The normalized spacial score (nSPS) is 22.1. The third-order valence-electron chi connectivity index (χ3n) is 4.07. The summed E-state index contributed by atoms with van der Waals surface area (Å²) in [4.78, 5) is 2.64. The van der Waals surface area contributed by atoms with Crippen molar-refractivity contribution in [2.24, 2.45) is 5.73 Å². The van der Waals surface area contributed by atoms with Gasteiger partial charge in [0.05, 0.1) is 0 Å². The molecule has 0 saturated heterocycles. The zero-order valence-electron chi connectivity index (χ0n) is 10.2. The Kier molecular flexibility index (Phi) is 4.08. The molecule has 94 valence electrons. The lowest BCUT2D eigenvalue weighted by Gasteiger charge is -2.35. The van der Waals surface area contributed by atoms with E-state index in [1.807, 2.05) is 0 Å². The van der Waals surface area contributed by atoms with Crippen molar-refractivity contribution >= 4 is 12.4 Å². The topological polar surface area (TPSA) is 29.3 Å². The second-order valence-corrected chi connectivity index (χ2v) is 4.97. The van der Waals surface area contributed by atoms with Crippen molar-refractivity contribution in [3.63, 3.8) is 0 Å². The largest absolute Gasteiger partial charge is 0.330 e. The minimum atomic E-state index is 0. The molecule has 0 saturated carbocycles. The highest BCUT2D eigenvalue weighted by Crippen LogP contribution is 2.40. The SMILES string of the molecule is Cl.NCCCN1CCc2cccc3c2C1CC3. The molecule has 0 spiro atoms. The molecule has 0 radical (unpaired) electrons. The molecular formula is C14H21ClN2. The van der Waals surface area contributed by atoms with Crippen LogP contribution in [0.25, 0.3) is 0 Å². The molecule has 2 aliphatic rings. The molecule has 2 nitrogen and oxygen atoms in total. The van der Waals surface area contributed by atoms with E-state index >= 15 is 0 Å². The molecule has 0 amide bonds. The van der Waals surface area contributed by atoms with Gasteiger partial charge in [-0.3, -0.25) is 4.90 Å². The van der Waals surface area contributed by atoms with Crippen LogP contribution >= 0.6 is 12.4 Å². The van der Waals surface area contributed by atoms with E-state index in [0.29, 0.717) is 6.04 Å². The van der Waals surface area contributed by atoms with E-state index in [1.54, 1.807) is 16.7 Å². The summed E-state index contributed by atoms with van der Waals surface area (Å²) in [7, 11) is 0. The van der Waals surface area contributed by atoms with Crippen molar-refractivity contribution in [2.45, 2.75) is 31.7 Å². The molecule has 1 aliphatic carbocycles. The first-order chi connectivity index (χ1) is 7.90. The maximum atomic E-state index is 5.61. The van der Waals surface area contributed by atoms with Gasteiger partial charge >= 0.3 is 0 Å². The number of nitrogens with two attached hydrogens (primary N) is 1. The number of aryl methyl sites for hydroxylation is 1. The smallest absolute Gasteiger partial charge is 0.0356 e. The zero-order chi connectivity index (χ0) is 11.0. The Hall–Kier alpha value is -0.570. The molecular weight excluding hydrogens is 232 g/mol. The Labute approximate surface area is 110 Å². The van der Waals surface area contributed by atoms with E-state index in [2.05, 4.69) is 23.1 Å². The summed E-state index contributed by atoms with van der Waals surface area (Å²) < 4.78 is 0. The first-order valence-corrected chi connectivity index (χ1v) is 6.45. The molecule has 2 N–H and O–H groups in total. The Balaban J connectivity index is 0.00000108. The van der Waals surface area contributed by atoms with E-state index in [4.69, 9.17) is 5.73 Å². The third-order valence-corrected chi connectivity index (χ3v) is 4.07. The van der Waals surface area contributed by atoms with Gasteiger partial charge in [0.15, 0.2) is 0 Å². The fourth-order valence-corrected chi connectivity index (χ4v) is 3.31. The predicted molar refractivity (Wildman–Crippen MR) is 73.7 cm³/mol. The van der Waals surface area contributed by atoms with Crippen LogP contribution in [0.2, 0.25) is 0 Å². The summed E-state index contributed by atoms with van der Waals surface area (Å²) in [5.74, 6) is 0. The summed E-state index contributed by atoms with van der Waals surface area (Å²) >= 11 is 0. The summed E-state index contributed by atoms with van der Waals surface area (Å²) in [5.41, 5.74) is 10.5. The molecule has 0 bridgehead atoms. The fourth-order valence-electron chi connectivity index (χ4n) is 3.31. The first-order valence-electron chi connectivity index (χ1n) is 6.45. The van der Waals surface area contributed by atoms with E-state index in [1.165, 1.54) is 32.4 Å². The van der Waals surface area contributed by atoms with Crippen LogP contribution in [0.4, 0.5) is 0 Å². The molecule has 1 unspecified atom stereocenters. The lowest BCUT2D eigenvalue weighted by Crippen LogP contribution is -2.35. The van der Waals surface area contributed by atoms with Crippen molar-refractivity contribution in [3.8, 4) is 0 Å². The lowest BCUT2D eigenvalue weighted by atomic mass is 9.93. The van der Waals surface area contributed by atoms with Crippen LogP contribution in [0.3, 0.4) is 0 Å². The third kappa shape index (κ3) is 2.22. The lowest BCUT2D eigenvalue weighted by molar-refractivity contribution is 0.184. The number of benzene rings is 1. The Morgan fingerprint density at radius 3 is 2.76 bits per heavy atom. The van der Waals surface area contributed by atoms with Gasteiger partial charge in [0.1, 0.15) is 0 Å². The van der Waals surface area contributed by atoms with Gasteiger partial charge in [-0.2, -0.15) is 0 Å². The summed E-state index contributed by atoms with van der Waals surface area (Å²) in [6, 6.07) is 7.56. The van der Waals surface area contributed by atoms with Gasteiger partial charge in [-0.25, -0.2) is 0 Å². The molecule has 0 aromatic heterocycles. The molecule has 0 fully saturated rings. The minimum Gasteiger partial charge on any atom is -0.330 e. The van der Waals surface area contributed by atoms with Crippen LogP contribution in [-0.2, 0) is 12.8 Å². The molecule has 1 aliphatic heterocycles. The predicted octanol–water partition coefficient (Wildman–Crippen LogP) is 2.30. The van der Waals surface area contributed by atoms with Gasteiger partial charge in [0.25, 0.3) is 0 Å². The minimum absolute atomic E-state index is 0. The molecule has 1 aromatic rings. The van der Waals surface area contributed by atoms with Gasteiger partial charge in [0, 0.05) is 12.6 Å². The number of halogens is 1. The highest BCUT2D eigenvalue weighted by molar-refractivity contribution is 5.85. The number of nitrogens with zero attached hydrogens (tertiary/aromatic N) is 1. The van der Waals surface area contributed by atoms with Crippen LogP contribution in [0.15, 0.2) is 18.2 Å². The van der Waals surface area contributed by atoms with Gasteiger partial charge in [-0.05, 0) is 55.5 Å². The quantitative estimate of drug-likeness (QED) is 0.895. The van der Waals surface area contributed by atoms with Gasteiger partial charge in [-0.15, -0.1) is 12.4 Å². The highest BCUT2D eigenvalue weighted by Gasteiger charge is 2.32. The fraction of sp³-hybridized carbons (Fsp3) is 0.571. The van der Waals surface area contributed by atoms with E-state index in [0.717, 1.165) is 13.0 Å². The second-order valence-electron chi connectivity index (χ2n) is 4.97. The van der Waals surface area contributed by atoms with E-state index in [-0.39, 0.29) is 12.4 Å². The molecule has 1 heterocycles. The molecule has 3 rings (SSSR count). The Morgan fingerprint density at radius 2 is 2.00 bits per heavy atom. The number of hydrogen-bond donors (Lipinski definition) is 1. The van der Waals surface area contributed by atoms with E-state index in [9.17, 15) is 0 Å². The van der Waals surface area contributed by atoms with Crippen molar-refractivity contribution < 1.29 is 0 Å². The summed E-state index contributed by atoms with van der Waals surface area (Å²) in [6.07, 6.45) is 4.95. The molecule has 17 heavy (non-hydrogen) atoms. The van der Waals surface area contributed by atoms with Crippen molar-refractivity contribution in [1.82, 2.24) is 4.90 Å². The highest BCUT2D eigenvalue weighted by atomic mass is 35.5. The number of rotatable bonds is 3. The van der Waals surface area contributed by atoms with Crippen LogP contribution in [0.1, 0.15) is 35.6 Å². The van der Waals surface area contributed by atoms with Gasteiger partial charge in [0.2, 0.25) is 0 Å². The van der Waals surface area contributed by atoms with Gasteiger partial charge < -0.3 is 5.73 Å². The molecule has 1 aromatic carbocycles. The Morgan fingerprint density at radius 1 is 1.24 bits per heavy atom.